The number of benzene rings is 2. The molecule has 0 bridgehead atoms. The first-order chi connectivity index (χ1) is 17.9. The zero-order valence-corrected chi connectivity index (χ0v) is 22.8. The minimum Gasteiger partial charge on any atom is -0.489 e. The molecule has 1 aliphatic heterocycles. The summed E-state index contributed by atoms with van der Waals surface area (Å²) >= 11 is 0. The summed E-state index contributed by atoms with van der Waals surface area (Å²) in [6.45, 7) is 10.7. The number of aromatic nitrogens is 2. The molecule has 1 aliphatic carbocycles. The molecule has 202 valence electrons. The number of carbonyl (C=O) groups is 1. The fraction of sp³-hybridized carbons (Fsp3) is 0.483. The number of likely N-dealkylation sites (tertiary alicyclic amines) is 1. The molecule has 9 heteroatoms. The smallest absolute Gasteiger partial charge is 0.410 e. The highest BCUT2D eigenvalue weighted by molar-refractivity contribution is 5.80. The van der Waals surface area contributed by atoms with Crippen molar-refractivity contribution in [1.82, 2.24) is 14.5 Å². The maximum atomic E-state index is 14.8. The van der Waals surface area contributed by atoms with Crippen molar-refractivity contribution < 1.29 is 18.7 Å². The number of ether oxygens (including phenoxy) is 2. The van der Waals surface area contributed by atoms with E-state index >= 15 is 0 Å². The Kier molecular flexibility index (Phi) is 6.36. The van der Waals surface area contributed by atoms with Gasteiger partial charge in [0.05, 0.1) is 17.2 Å². The number of rotatable bonds is 5. The highest BCUT2D eigenvalue weighted by Gasteiger charge is 2.55. The van der Waals surface area contributed by atoms with E-state index in [1.807, 2.05) is 70.8 Å². The summed E-state index contributed by atoms with van der Waals surface area (Å²) in [5, 5.41) is 0.207. The topological polar surface area (TPSA) is 76.9 Å². The normalized spacial score (nSPS) is 16.9. The van der Waals surface area contributed by atoms with Crippen LogP contribution >= 0.6 is 0 Å². The third-order valence-corrected chi connectivity index (χ3v) is 7.21. The summed E-state index contributed by atoms with van der Waals surface area (Å²) in [5.74, 6) is 0.370. The molecule has 38 heavy (non-hydrogen) atoms. The zero-order chi connectivity index (χ0) is 27.4. The number of para-hydroxylation sites is 3. The summed E-state index contributed by atoms with van der Waals surface area (Å²) < 4.78 is 27.9. The maximum Gasteiger partial charge on any atom is 0.410 e. The van der Waals surface area contributed by atoms with Gasteiger partial charge in [-0.1, -0.05) is 18.2 Å². The Hall–Kier alpha value is -3.62. The molecule has 2 aliphatic rings. The van der Waals surface area contributed by atoms with Crippen LogP contribution in [0.2, 0.25) is 0 Å². The van der Waals surface area contributed by atoms with Gasteiger partial charge in [-0.25, -0.2) is 18.7 Å². The highest BCUT2D eigenvalue weighted by Crippen LogP contribution is 2.51. The van der Waals surface area contributed by atoms with Gasteiger partial charge in [0.1, 0.15) is 22.7 Å². The minimum absolute atomic E-state index is 0.0295. The van der Waals surface area contributed by atoms with E-state index in [-0.39, 0.29) is 40.1 Å². The van der Waals surface area contributed by atoms with E-state index in [9.17, 15) is 14.0 Å². The molecule has 0 unspecified atom stereocenters. The predicted octanol–water partition coefficient (Wildman–Crippen LogP) is 5.15. The van der Waals surface area contributed by atoms with Crippen LogP contribution in [0.1, 0.15) is 47.5 Å². The van der Waals surface area contributed by atoms with Crippen LogP contribution in [0, 0.1) is 11.2 Å². The van der Waals surface area contributed by atoms with Crippen molar-refractivity contribution in [3.05, 3.63) is 58.6 Å². The molecule has 3 aromatic rings. The number of amides is 1. The summed E-state index contributed by atoms with van der Waals surface area (Å²) in [7, 11) is 1.89. The van der Waals surface area contributed by atoms with E-state index < -0.39 is 11.4 Å². The van der Waals surface area contributed by atoms with Gasteiger partial charge in [0.25, 0.3) is 5.56 Å². The molecular formula is C29H35FN4O4. The third kappa shape index (κ3) is 4.70. The largest absolute Gasteiger partial charge is 0.489 e. The van der Waals surface area contributed by atoms with Crippen molar-refractivity contribution in [2.24, 2.45) is 5.41 Å². The highest BCUT2D eigenvalue weighted by atomic mass is 19.1. The predicted molar refractivity (Wildman–Crippen MR) is 145 cm³/mol. The Morgan fingerprint density at radius 3 is 2.47 bits per heavy atom. The van der Waals surface area contributed by atoms with Gasteiger partial charge < -0.3 is 19.3 Å². The lowest BCUT2D eigenvalue weighted by Crippen LogP contribution is -2.67. The standard InChI is InChI=1S/C29H35FN4O4/c1-18(2)37-23-13-8-7-12-22(23)34-25(35)20-10-9-11-21(30)24(20)31-26(34)32(6)19-14-29(15-19)16-33(17-29)27(36)38-28(3,4)5/h7-13,18-19H,14-17H2,1-6H3. The number of nitrogens with zero attached hydrogens (tertiary/aromatic N) is 4. The Labute approximate surface area is 222 Å². The van der Waals surface area contributed by atoms with Crippen LogP contribution in [-0.4, -0.2) is 58.4 Å². The SMILES string of the molecule is CC(C)Oc1ccccc1-n1c(N(C)C2CC3(C2)CN(C(=O)OC(C)(C)C)C3)nc2c(F)cccc2c1=O. The van der Waals surface area contributed by atoms with Crippen molar-refractivity contribution in [2.75, 3.05) is 25.0 Å². The molecule has 2 fully saturated rings. The molecule has 1 spiro atoms. The van der Waals surface area contributed by atoms with Crippen LogP contribution < -0.4 is 15.2 Å². The average molecular weight is 523 g/mol. The van der Waals surface area contributed by atoms with Gasteiger partial charge in [0.15, 0.2) is 0 Å². The molecular weight excluding hydrogens is 487 g/mol. The Balaban J connectivity index is 1.46. The van der Waals surface area contributed by atoms with Gasteiger partial charge in [-0.3, -0.25) is 4.79 Å². The van der Waals surface area contributed by atoms with Crippen molar-refractivity contribution in [3.8, 4) is 11.4 Å². The molecule has 2 heterocycles. The fourth-order valence-corrected chi connectivity index (χ4v) is 5.47. The summed E-state index contributed by atoms with van der Waals surface area (Å²) in [6.07, 6.45) is 1.27. The second kappa shape index (κ2) is 9.29. The van der Waals surface area contributed by atoms with Gasteiger partial charge in [-0.2, -0.15) is 0 Å². The monoisotopic (exact) mass is 522 g/mol. The maximum absolute atomic E-state index is 14.8. The fourth-order valence-electron chi connectivity index (χ4n) is 5.47. The molecule has 0 radical (unpaired) electrons. The van der Waals surface area contributed by atoms with Gasteiger partial charge in [-0.05, 0) is 71.7 Å². The second-order valence-corrected chi connectivity index (χ2v) is 11.8. The van der Waals surface area contributed by atoms with E-state index in [4.69, 9.17) is 9.47 Å². The molecule has 1 saturated heterocycles. The molecule has 1 amide bonds. The number of hydrogen-bond acceptors (Lipinski definition) is 6. The van der Waals surface area contributed by atoms with Crippen LogP contribution in [0.4, 0.5) is 15.1 Å². The van der Waals surface area contributed by atoms with Crippen molar-refractivity contribution >= 4 is 22.9 Å². The third-order valence-electron chi connectivity index (χ3n) is 7.21. The molecule has 0 N–H and O–H groups in total. The summed E-state index contributed by atoms with van der Waals surface area (Å²) in [5.41, 5.74) is -0.253. The Bertz CT molecular complexity index is 1430. The van der Waals surface area contributed by atoms with Crippen LogP contribution in [0.25, 0.3) is 16.6 Å². The first kappa shape index (κ1) is 26.0. The lowest BCUT2D eigenvalue weighted by atomic mass is 9.60. The molecule has 2 aromatic carbocycles. The molecule has 1 saturated carbocycles. The number of anilines is 1. The number of hydrogen-bond donors (Lipinski definition) is 0. The molecule has 0 atom stereocenters. The molecule has 5 rings (SSSR count). The van der Waals surface area contributed by atoms with E-state index in [0.717, 1.165) is 12.8 Å². The van der Waals surface area contributed by atoms with Crippen molar-refractivity contribution in [3.63, 3.8) is 0 Å². The van der Waals surface area contributed by atoms with Gasteiger partial charge in [0, 0.05) is 31.6 Å². The van der Waals surface area contributed by atoms with Crippen LogP contribution in [0.15, 0.2) is 47.3 Å². The van der Waals surface area contributed by atoms with E-state index in [2.05, 4.69) is 4.98 Å². The molecule has 8 nitrogen and oxygen atoms in total. The lowest BCUT2D eigenvalue weighted by molar-refractivity contribution is -0.0776. The first-order valence-corrected chi connectivity index (χ1v) is 13.1. The number of halogens is 1. The van der Waals surface area contributed by atoms with Gasteiger partial charge >= 0.3 is 6.09 Å². The van der Waals surface area contributed by atoms with Gasteiger partial charge in [0.2, 0.25) is 5.95 Å². The van der Waals surface area contributed by atoms with Crippen LogP contribution in [-0.2, 0) is 4.74 Å². The first-order valence-electron chi connectivity index (χ1n) is 13.1. The number of fused-ring (bicyclic) bond motifs is 1. The van der Waals surface area contributed by atoms with Crippen molar-refractivity contribution in [1.29, 1.82) is 0 Å². The van der Waals surface area contributed by atoms with Crippen molar-refractivity contribution in [2.45, 2.75) is 65.2 Å². The Morgan fingerprint density at radius 2 is 1.82 bits per heavy atom. The van der Waals surface area contributed by atoms with Gasteiger partial charge in [-0.15, -0.1) is 0 Å². The second-order valence-electron chi connectivity index (χ2n) is 11.8. The van der Waals surface area contributed by atoms with E-state index in [0.29, 0.717) is 30.5 Å². The van der Waals surface area contributed by atoms with E-state index in [1.54, 1.807) is 11.0 Å². The van der Waals surface area contributed by atoms with Crippen LogP contribution in [0.3, 0.4) is 0 Å². The summed E-state index contributed by atoms with van der Waals surface area (Å²) in [4.78, 5) is 34.6. The summed E-state index contributed by atoms with van der Waals surface area (Å²) in [6, 6.07) is 11.8. The lowest BCUT2D eigenvalue weighted by Gasteiger charge is -2.60. The van der Waals surface area contributed by atoms with E-state index in [1.165, 1.54) is 16.7 Å². The minimum atomic E-state index is -0.537. The van der Waals surface area contributed by atoms with Crippen LogP contribution in [0.5, 0.6) is 5.75 Å². The quantitative estimate of drug-likeness (QED) is 0.461. The average Bonchev–Trinajstić information content (AvgIpc) is 2.76. The Morgan fingerprint density at radius 1 is 1.13 bits per heavy atom. The zero-order valence-electron chi connectivity index (χ0n) is 22.8. The number of carbonyl (C=O) groups excluding carboxylic acids is 1. The molecule has 1 aromatic heterocycles.